The first-order valence-corrected chi connectivity index (χ1v) is 10.0. The molecule has 2 N–H and O–H groups in total. The van der Waals surface area contributed by atoms with Gasteiger partial charge in [0.15, 0.2) is 0 Å². The monoisotopic (exact) mass is 344 g/mol. The third-order valence-electron chi connectivity index (χ3n) is 4.44. The molecule has 0 spiro atoms. The van der Waals surface area contributed by atoms with Crippen LogP contribution in [0.3, 0.4) is 0 Å². The predicted octanol–water partition coefficient (Wildman–Crippen LogP) is 7.06. The largest absolute Gasteiger partial charge is 0.508 e. The Morgan fingerprint density at radius 1 is 0.760 bits per heavy atom. The van der Waals surface area contributed by atoms with Crippen LogP contribution in [-0.4, -0.2) is 10.2 Å². The van der Waals surface area contributed by atoms with Crippen LogP contribution in [0.15, 0.2) is 42.5 Å². The average molecular weight is 345 g/mol. The van der Waals surface area contributed by atoms with Gasteiger partial charge in [0.1, 0.15) is 11.5 Å². The van der Waals surface area contributed by atoms with Gasteiger partial charge in [0, 0.05) is 0 Å². The number of rotatable bonds is 14. The van der Waals surface area contributed by atoms with Crippen molar-refractivity contribution in [3.63, 3.8) is 0 Å². The molecule has 0 amide bonds. The normalized spacial score (nSPS) is 11.7. The first-order chi connectivity index (χ1) is 12.2. The van der Waals surface area contributed by atoms with E-state index in [1.165, 1.54) is 63.9 Å². The lowest BCUT2D eigenvalue weighted by Crippen LogP contribution is -1.87. The molecule has 0 aliphatic rings. The highest BCUT2D eigenvalue weighted by Crippen LogP contribution is 2.24. The van der Waals surface area contributed by atoms with Crippen LogP contribution in [0.1, 0.15) is 83.1 Å². The molecule has 0 aromatic heterocycles. The quantitative estimate of drug-likeness (QED) is 0.215. The van der Waals surface area contributed by atoms with Gasteiger partial charge in [-0.2, -0.15) is 0 Å². The Hall–Kier alpha value is -1.70. The number of hydrogen-bond donors (Lipinski definition) is 2. The molecular weight excluding hydrogens is 308 g/mol. The van der Waals surface area contributed by atoms with Gasteiger partial charge in [-0.05, 0) is 62.3 Å². The molecule has 25 heavy (non-hydrogen) atoms. The second-order valence-corrected chi connectivity index (χ2v) is 6.79. The smallest absolute Gasteiger partial charge is 0.119 e. The molecule has 0 aliphatic carbocycles. The molecular formula is C23H36O2. The van der Waals surface area contributed by atoms with E-state index in [1.807, 2.05) is 0 Å². The molecule has 2 nitrogen and oxygen atoms in total. The Bertz CT molecular complexity index is 503. The fourth-order valence-corrected chi connectivity index (χ4v) is 2.91. The summed E-state index contributed by atoms with van der Waals surface area (Å²) >= 11 is 0. The molecule has 0 fully saturated rings. The van der Waals surface area contributed by atoms with Gasteiger partial charge >= 0.3 is 0 Å². The van der Waals surface area contributed by atoms with Crippen LogP contribution in [0.5, 0.6) is 11.5 Å². The van der Waals surface area contributed by atoms with Crippen molar-refractivity contribution in [1.82, 2.24) is 0 Å². The molecule has 0 saturated heterocycles. The van der Waals surface area contributed by atoms with Gasteiger partial charge in [-0.15, -0.1) is 0 Å². The highest BCUT2D eigenvalue weighted by Gasteiger charge is 2.02. The van der Waals surface area contributed by atoms with Gasteiger partial charge in [0.25, 0.3) is 0 Å². The number of unbranched alkanes of at least 4 members (excludes halogenated alkanes) is 8. The van der Waals surface area contributed by atoms with Gasteiger partial charge in [-0.1, -0.05) is 69.8 Å². The van der Waals surface area contributed by atoms with Crippen LogP contribution in [-0.2, 0) is 6.42 Å². The van der Waals surface area contributed by atoms with E-state index in [9.17, 15) is 10.2 Å². The summed E-state index contributed by atoms with van der Waals surface area (Å²) in [5.41, 5.74) is 0.858. The van der Waals surface area contributed by atoms with Crippen molar-refractivity contribution in [2.75, 3.05) is 0 Å². The molecule has 1 aromatic rings. The lowest BCUT2D eigenvalue weighted by molar-refractivity contribution is 0.452. The topological polar surface area (TPSA) is 40.5 Å². The van der Waals surface area contributed by atoms with E-state index in [4.69, 9.17) is 0 Å². The number of phenolic OH excluding ortho intramolecular Hbond substituents is 2. The van der Waals surface area contributed by atoms with Gasteiger partial charge in [0.2, 0.25) is 0 Å². The van der Waals surface area contributed by atoms with Crippen LogP contribution in [0.4, 0.5) is 0 Å². The van der Waals surface area contributed by atoms with Gasteiger partial charge in [-0.3, -0.25) is 0 Å². The maximum absolute atomic E-state index is 9.73. The predicted molar refractivity (Wildman–Crippen MR) is 108 cm³/mol. The molecule has 1 rings (SSSR count). The molecule has 140 valence electrons. The molecule has 0 heterocycles. The zero-order valence-corrected chi connectivity index (χ0v) is 15.9. The van der Waals surface area contributed by atoms with E-state index in [2.05, 4.69) is 31.2 Å². The summed E-state index contributed by atoms with van der Waals surface area (Å²) in [6.07, 6.45) is 23.5. The first kappa shape index (κ1) is 21.3. The van der Waals surface area contributed by atoms with Crippen LogP contribution < -0.4 is 0 Å². The SMILES string of the molecule is CCC/C=C/C/C=C\CCCCCCCCCc1cc(O)ccc1O. The van der Waals surface area contributed by atoms with Crippen molar-refractivity contribution in [1.29, 1.82) is 0 Å². The van der Waals surface area contributed by atoms with E-state index in [-0.39, 0.29) is 5.75 Å². The molecule has 0 unspecified atom stereocenters. The number of phenols is 2. The van der Waals surface area contributed by atoms with Gasteiger partial charge in [0.05, 0.1) is 0 Å². The Labute approximate surface area is 154 Å². The van der Waals surface area contributed by atoms with E-state index in [0.717, 1.165) is 24.8 Å². The van der Waals surface area contributed by atoms with Gasteiger partial charge in [-0.25, -0.2) is 0 Å². The standard InChI is InChI=1S/C23H36O2/c1-2-3-4-5-6-7-8-9-10-11-12-13-14-15-16-17-21-20-22(24)18-19-23(21)25/h4-5,7-8,18-20,24-25H,2-3,6,9-17H2,1H3/b5-4+,8-7-. The minimum Gasteiger partial charge on any atom is -0.508 e. The average Bonchev–Trinajstić information content (AvgIpc) is 2.61. The number of aromatic hydroxyl groups is 2. The summed E-state index contributed by atoms with van der Waals surface area (Å²) in [4.78, 5) is 0. The molecule has 2 heteroatoms. The minimum atomic E-state index is 0.235. The van der Waals surface area contributed by atoms with Crippen molar-refractivity contribution >= 4 is 0 Å². The second-order valence-electron chi connectivity index (χ2n) is 6.79. The third-order valence-corrected chi connectivity index (χ3v) is 4.44. The summed E-state index contributed by atoms with van der Waals surface area (Å²) in [7, 11) is 0. The van der Waals surface area contributed by atoms with E-state index >= 15 is 0 Å². The Morgan fingerprint density at radius 3 is 2.12 bits per heavy atom. The highest BCUT2D eigenvalue weighted by atomic mass is 16.3. The molecule has 1 aromatic carbocycles. The summed E-state index contributed by atoms with van der Waals surface area (Å²) in [6.45, 7) is 2.21. The molecule has 0 bridgehead atoms. The molecule has 0 atom stereocenters. The van der Waals surface area contributed by atoms with E-state index < -0.39 is 0 Å². The van der Waals surface area contributed by atoms with E-state index in [0.29, 0.717) is 5.75 Å². The zero-order valence-electron chi connectivity index (χ0n) is 15.9. The second kappa shape index (κ2) is 14.6. The molecule has 0 aliphatic heterocycles. The Morgan fingerprint density at radius 2 is 1.40 bits per heavy atom. The Kier molecular flexibility index (Phi) is 12.5. The summed E-state index contributed by atoms with van der Waals surface area (Å²) < 4.78 is 0. The van der Waals surface area contributed by atoms with Crippen molar-refractivity contribution in [2.45, 2.75) is 84.0 Å². The number of allylic oxidation sites excluding steroid dienone is 4. The molecule has 0 saturated carbocycles. The zero-order chi connectivity index (χ0) is 18.2. The third kappa shape index (κ3) is 11.5. The summed E-state index contributed by atoms with van der Waals surface area (Å²) in [5, 5.41) is 19.2. The van der Waals surface area contributed by atoms with Crippen LogP contribution in [0, 0.1) is 0 Å². The van der Waals surface area contributed by atoms with Crippen LogP contribution in [0.25, 0.3) is 0 Å². The minimum absolute atomic E-state index is 0.235. The van der Waals surface area contributed by atoms with Gasteiger partial charge < -0.3 is 10.2 Å². The van der Waals surface area contributed by atoms with Crippen molar-refractivity contribution in [3.05, 3.63) is 48.1 Å². The van der Waals surface area contributed by atoms with Crippen LogP contribution in [0.2, 0.25) is 0 Å². The van der Waals surface area contributed by atoms with Crippen molar-refractivity contribution in [3.8, 4) is 11.5 Å². The maximum atomic E-state index is 9.73. The number of hydrogen-bond acceptors (Lipinski definition) is 2. The fraction of sp³-hybridized carbons (Fsp3) is 0.565. The Balaban J connectivity index is 1.90. The highest BCUT2D eigenvalue weighted by molar-refractivity contribution is 5.38. The van der Waals surface area contributed by atoms with Crippen molar-refractivity contribution in [2.24, 2.45) is 0 Å². The van der Waals surface area contributed by atoms with Crippen LogP contribution >= 0.6 is 0 Å². The summed E-state index contributed by atoms with van der Waals surface area (Å²) in [6, 6.07) is 4.76. The maximum Gasteiger partial charge on any atom is 0.119 e. The lowest BCUT2D eigenvalue weighted by atomic mass is 10.0. The first-order valence-electron chi connectivity index (χ1n) is 10.0. The van der Waals surface area contributed by atoms with E-state index in [1.54, 1.807) is 12.1 Å². The summed E-state index contributed by atoms with van der Waals surface area (Å²) in [5.74, 6) is 0.533. The lowest BCUT2D eigenvalue weighted by Gasteiger charge is -2.05. The molecule has 0 radical (unpaired) electrons. The fourth-order valence-electron chi connectivity index (χ4n) is 2.91. The van der Waals surface area contributed by atoms with Crippen molar-refractivity contribution < 1.29 is 10.2 Å². The number of aryl methyl sites for hydroxylation is 1. The number of benzene rings is 1.